The fourth-order valence-corrected chi connectivity index (χ4v) is 3.49. The van der Waals surface area contributed by atoms with Gasteiger partial charge in [-0.2, -0.15) is 0 Å². The van der Waals surface area contributed by atoms with Gasteiger partial charge in [-0.25, -0.2) is 0 Å². The van der Waals surface area contributed by atoms with Crippen molar-refractivity contribution in [2.24, 2.45) is 5.41 Å². The lowest BCUT2D eigenvalue weighted by Gasteiger charge is -2.22. The predicted octanol–water partition coefficient (Wildman–Crippen LogP) is 5.82. The monoisotopic (exact) mass is 421 g/mol. The zero-order chi connectivity index (χ0) is 13.2. The first-order valence-electron chi connectivity index (χ1n) is 6.68. The fourth-order valence-electron chi connectivity index (χ4n) is 2.63. The Bertz CT molecular complexity index is 417. The van der Waals surface area contributed by atoms with Crippen molar-refractivity contribution < 1.29 is 0 Å². The Morgan fingerprint density at radius 3 is 2.83 bits per heavy atom. The van der Waals surface area contributed by atoms with Gasteiger partial charge in [0, 0.05) is 19.8 Å². The Kier molecular flexibility index (Phi) is 4.98. The number of halogens is 2. The third-order valence-corrected chi connectivity index (χ3v) is 5.30. The van der Waals surface area contributed by atoms with Crippen LogP contribution in [0.5, 0.6) is 0 Å². The normalized spacial score (nSPS) is 23.4. The van der Waals surface area contributed by atoms with E-state index in [9.17, 15) is 0 Å². The van der Waals surface area contributed by atoms with Crippen molar-refractivity contribution in [2.75, 3.05) is 5.32 Å². The topological polar surface area (TPSA) is 12.0 Å². The lowest BCUT2D eigenvalue weighted by atomic mass is 9.85. The molecule has 0 radical (unpaired) electrons. The van der Waals surface area contributed by atoms with Crippen LogP contribution in [0, 0.1) is 8.99 Å². The number of nitrogens with one attached hydrogen (secondary N) is 1. The van der Waals surface area contributed by atoms with Crippen molar-refractivity contribution in [2.45, 2.75) is 52.0 Å². The van der Waals surface area contributed by atoms with Gasteiger partial charge in [0.05, 0.1) is 0 Å². The van der Waals surface area contributed by atoms with Crippen molar-refractivity contribution in [3.8, 4) is 0 Å². The van der Waals surface area contributed by atoms with Crippen LogP contribution in [0.2, 0.25) is 0 Å². The molecule has 1 unspecified atom stereocenters. The van der Waals surface area contributed by atoms with Gasteiger partial charge in [0.2, 0.25) is 0 Å². The molecular weight excluding hydrogens is 401 g/mol. The number of hydrogen-bond acceptors (Lipinski definition) is 1. The summed E-state index contributed by atoms with van der Waals surface area (Å²) in [5.41, 5.74) is 1.80. The third kappa shape index (κ3) is 4.12. The van der Waals surface area contributed by atoms with Crippen molar-refractivity contribution in [1.29, 1.82) is 0 Å². The van der Waals surface area contributed by atoms with Crippen LogP contribution in [0.25, 0.3) is 0 Å². The number of anilines is 1. The number of benzene rings is 1. The molecule has 3 heteroatoms. The first kappa shape index (κ1) is 14.6. The van der Waals surface area contributed by atoms with Crippen molar-refractivity contribution in [3.05, 3.63) is 26.2 Å². The summed E-state index contributed by atoms with van der Waals surface area (Å²) >= 11 is 5.96. The summed E-state index contributed by atoms with van der Waals surface area (Å²) in [5, 5.41) is 3.73. The summed E-state index contributed by atoms with van der Waals surface area (Å²) in [6.07, 6.45) is 6.62. The summed E-state index contributed by atoms with van der Waals surface area (Å²) in [6, 6.07) is 7.09. The molecule has 18 heavy (non-hydrogen) atoms. The van der Waals surface area contributed by atoms with Gasteiger partial charge in [-0.3, -0.25) is 0 Å². The highest BCUT2D eigenvalue weighted by atomic mass is 127. The van der Waals surface area contributed by atoms with Gasteiger partial charge in [-0.1, -0.05) is 36.2 Å². The van der Waals surface area contributed by atoms with E-state index in [2.05, 4.69) is 75.9 Å². The minimum Gasteiger partial charge on any atom is -0.381 e. The van der Waals surface area contributed by atoms with Crippen LogP contribution in [0.15, 0.2) is 22.7 Å². The lowest BCUT2D eigenvalue weighted by molar-refractivity contribution is 0.313. The molecule has 1 N–H and O–H groups in total. The maximum Gasteiger partial charge on any atom is 0.0489 e. The van der Waals surface area contributed by atoms with Crippen molar-refractivity contribution in [3.63, 3.8) is 0 Å². The number of hydrogen-bond donors (Lipinski definition) is 1. The molecular formula is C15H21BrIN. The Hall–Kier alpha value is 0.230. The van der Waals surface area contributed by atoms with E-state index in [1.807, 2.05) is 0 Å². The maximum absolute atomic E-state index is 3.73. The standard InChI is InChI=1S/C15H21BrIN/c1-15(2)8-3-4-12(7-9-15)18-14-10-11(16)5-6-13(14)17/h5-6,10,12,18H,3-4,7-9H2,1-2H3. The molecule has 1 aromatic carbocycles. The van der Waals surface area contributed by atoms with Crippen LogP contribution in [-0.4, -0.2) is 6.04 Å². The molecule has 1 saturated carbocycles. The smallest absolute Gasteiger partial charge is 0.0489 e. The second kappa shape index (κ2) is 6.12. The van der Waals surface area contributed by atoms with Gasteiger partial charge in [-0.05, 0) is 71.9 Å². The Morgan fingerprint density at radius 2 is 2.06 bits per heavy atom. The van der Waals surface area contributed by atoms with Gasteiger partial charge in [0.15, 0.2) is 0 Å². The van der Waals surface area contributed by atoms with Gasteiger partial charge in [-0.15, -0.1) is 0 Å². The lowest BCUT2D eigenvalue weighted by Crippen LogP contribution is -2.19. The zero-order valence-corrected chi connectivity index (χ0v) is 14.8. The van der Waals surface area contributed by atoms with Gasteiger partial charge in [0.25, 0.3) is 0 Å². The molecule has 1 aromatic rings. The molecule has 0 aromatic heterocycles. The Labute approximate surface area is 132 Å². The van der Waals surface area contributed by atoms with Gasteiger partial charge >= 0.3 is 0 Å². The molecule has 0 bridgehead atoms. The fraction of sp³-hybridized carbons (Fsp3) is 0.600. The summed E-state index contributed by atoms with van der Waals surface area (Å²) < 4.78 is 2.46. The third-order valence-electron chi connectivity index (χ3n) is 3.86. The van der Waals surface area contributed by atoms with Crippen LogP contribution in [0.4, 0.5) is 5.69 Å². The first-order chi connectivity index (χ1) is 8.46. The highest BCUT2D eigenvalue weighted by Gasteiger charge is 2.24. The first-order valence-corrected chi connectivity index (χ1v) is 8.55. The van der Waals surface area contributed by atoms with Crippen LogP contribution in [0.3, 0.4) is 0 Å². The van der Waals surface area contributed by atoms with Crippen LogP contribution in [0.1, 0.15) is 46.0 Å². The summed E-state index contributed by atoms with van der Waals surface area (Å²) in [5.74, 6) is 0. The molecule has 0 heterocycles. The van der Waals surface area contributed by atoms with E-state index in [1.165, 1.54) is 41.4 Å². The Balaban J connectivity index is 2.03. The van der Waals surface area contributed by atoms with Crippen molar-refractivity contribution in [1.82, 2.24) is 0 Å². The second-order valence-electron chi connectivity index (χ2n) is 6.06. The molecule has 0 saturated heterocycles. The molecule has 1 aliphatic carbocycles. The highest BCUT2D eigenvalue weighted by Crippen LogP contribution is 2.35. The molecule has 100 valence electrons. The average molecular weight is 422 g/mol. The van der Waals surface area contributed by atoms with Crippen LogP contribution >= 0.6 is 38.5 Å². The van der Waals surface area contributed by atoms with Gasteiger partial charge in [0.1, 0.15) is 0 Å². The molecule has 0 amide bonds. The quantitative estimate of drug-likeness (QED) is 0.468. The van der Waals surface area contributed by atoms with E-state index >= 15 is 0 Å². The summed E-state index contributed by atoms with van der Waals surface area (Å²) in [7, 11) is 0. The second-order valence-corrected chi connectivity index (χ2v) is 8.14. The van der Waals surface area contributed by atoms with Crippen LogP contribution < -0.4 is 5.32 Å². The van der Waals surface area contributed by atoms with Crippen LogP contribution in [-0.2, 0) is 0 Å². The highest BCUT2D eigenvalue weighted by molar-refractivity contribution is 14.1. The zero-order valence-electron chi connectivity index (χ0n) is 11.1. The molecule has 1 nitrogen and oxygen atoms in total. The minimum absolute atomic E-state index is 0.529. The average Bonchev–Trinajstić information content (AvgIpc) is 2.46. The van der Waals surface area contributed by atoms with E-state index in [4.69, 9.17) is 0 Å². The molecule has 0 spiro atoms. The minimum atomic E-state index is 0.529. The molecule has 1 fully saturated rings. The molecule has 2 rings (SSSR count). The molecule has 0 aliphatic heterocycles. The van der Waals surface area contributed by atoms with Crippen molar-refractivity contribution >= 4 is 44.2 Å². The SMILES string of the molecule is CC1(C)CCCC(Nc2cc(Br)ccc2I)CC1. The van der Waals surface area contributed by atoms with E-state index in [0.717, 1.165) is 4.47 Å². The maximum atomic E-state index is 3.73. The van der Waals surface area contributed by atoms with E-state index in [1.54, 1.807) is 0 Å². The van der Waals surface area contributed by atoms with E-state index in [0.29, 0.717) is 11.5 Å². The number of rotatable bonds is 2. The largest absolute Gasteiger partial charge is 0.381 e. The Morgan fingerprint density at radius 1 is 1.28 bits per heavy atom. The molecule has 1 aliphatic rings. The van der Waals surface area contributed by atoms with E-state index < -0.39 is 0 Å². The summed E-state index contributed by atoms with van der Waals surface area (Å²) in [4.78, 5) is 0. The van der Waals surface area contributed by atoms with Gasteiger partial charge < -0.3 is 5.32 Å². The predicted molar refractivity (Wildman–Crippen MR) is 91.1 cm³/mol. The van der Waals surface area contributed by atoms with E-state index in [-0.39, 0.29) is 0 Å². The molecule has 1 atom stereocenters. The summed E-state index contributed by atoms with van der Waals surface area (Å²) in [6.45, 7) is 4.80.